The van der Waals surface area contributed by atoms with Crippen LogP contribution in [0.4, 0.5) is 0 Å². The molecule has 0 aliphatic heterocycles. The Morgan fingerprint density at radius 1 is 0.913 bits per heavy atom. The third-order valence-electron chi connectivity index (χ3n) is 2.48. The third kappa shape index (κ3) is 19.9. The van der Waals surface area contributed by atoms with E-state index in [9.17, 15) is 0 Å². The second-order valence-corrected chi connectivity index (χ2v) is 12.9. The van der Waals surface area contributed by atoms with E-state index < -0.39 is 7.05 Å². The van der Waals surface area contributed by atoms with Crippen molar-refractivity contribution in [2.24, 2.45) is 15.6 Å². The summed E-state index contributed by atoms with van der Waals surface area (Å²) in [6, 6.07) is 0. The molecule has 0 spiro atoms. The molecule has 130 valence electrons. The Bertz CT molecular complexity index is 472. The summed E-state index contributed by atoms with van der Waals surface area (Å²) in [6.07, 6.45) is 16.1. The first-order chi connectivity index (χ1) is 9.79. The van der Waals surface area contributed by atoms with Crippen LogP contribution in [-0.4, -0.2) is 20.0 Å². The van der Waals surface area contributed by atoms with E-state index in [1.54, 1.807) is 0 Å². The molecule has 0 aromatic rings. The van der Waals surface area contributed by atoms with Gasteiger partial charge in [0, 0.05) is 33.8 Å². The molecule has 0 radical (unpaired) electrons. The molecule has 0 amide bonds. The summed E-state index contributed by atoms with van der Waals surface area (Å²) in [7, 11) is -0.948. The molecule has 1 nitrogen and oxygen atoms in total. The molecule has 0 saturated carbocycles. The fourth-order valence-corrected chi connectivity index (χ4v) is 2.50. The van der Waals surface area contributed by atoms with E-state index in [1.807, 2.05) is 0 Å². The van der Waals surface area contributed by atoms with Gasteiger partial charge in [-0.15, -0.1) is 0 Å². The van der Waals surface area contributed by atoms with Gasteiger partial charge < -0.3 is 0 Å². The molecule has 1 aliphatic rings. The minimum atomic E-state index is -0.948. The Morgan fingerprint density at radius 3 is 1.61 bits per heavy atom. The number of hydrogen-bond donors (Lipinski definition) is 0. The molecule has 0 heterocycles. The molecule has 3 heteroatoms. The first kappa shape index (κ1) is 25.1. The molecule has 0 unspecified atom stereocenters. The van der Waals surface area contributed by atoms with Crippen LogP contribution < -0.4 is 0 Å². The zero-order valence-electron chi connectivity index (χ0n) is 16.6. The third-order valence-corrected chi connectivity index (χ3v) is 3.34. The number of hydrogen-bond acceptors (Lipinski definition) is 1. The average Bonchev–Trinajstić information content (AvgIpc) is 2.73. The predicted octanol–water partition coefficient (Wildman–Crippen LogP) is 7.11. The second-order valence-electron chi connectivity index (χ2n) is 8.78. The van der Waals surface area contributed by atoms with Crippen LogP contribution >= 0.6 is 7.05 Å². The van der Waals surface area contributed by atoms with Crippen molar-refractivity contribution in [3.63, 3.8) is 0 Å². The average molecular weight is 369 g/mol. The topological polar surface area (TPSA) is 12.4 Å². The summed E-state index contributed by atoms with van der Waals surface area (Å²) in [5.74, 6) is 0. The van der Waals surface area contributed by atoms with Gasteiger partial charge in [-0.2, -0.15) is 0 Å². The van der Waals surface area contributed by atoms with Gasteiger partial charge in [-0.1, -0.05) is 78.0 Å². The van der Waals surface area contributed by atoms with Crippen LogP contribution in [0.2, 0.25) is 0 Å². The maximum atomic E-state index is 4.62. The molecular weight excluding hydrogens is 333 g/mol. The SMILES string of the molecule is CC(C)(C)C=CC=CC(C)(C)C.CP(C)(C)=NC1=CC=CC1.[Ti]. The van der Waals surface area contributed by atoms with Crippen molar-refractivity contribution >= 4 is 7.05 Å². The van der Waals surface area contributed by atoms with E-state index in [4.69, 9.17) is 0 Å². The number of nitrogens with zero attached hydrogens (tertiary/aromatic N) is 1. The van der Waals surface area contributed by atoms with E-state index in [0.717, 1.165) is 6.42 Å². The first-order valence-electron chi connectivity index (χ1n) is 8.06. The normalized spacial score (nSPS) is 15.3. The molecule has 0 bridgehead atoms. The zero-order chi connectivity index (χ0) is 17.4. The van der Waals surface area contributed by atoms with Crippen molar-refractivity contribution in [1.82, 2.24) is 0 Å². The van der Waals surface area contributed by atoms with E-state index in [2.05, 4.69) is 109 Å². The van der Waals surface area contributed by atoms with Crippen LogP contribution in [-0.2, 0) is 21.7 Å². The Morgan fingerprint density at radius 2 is 1.35 bits per heavy atom. The molecule has 1 aliphatic carbocycles. The standard InChI is InChI=1S/C12H22.C8H14NP.Ti/c1-11(2,3)9-7-8-10-12(4,5)6;1-10(2,3)9-8-6-4-5-7-8;/h7-10H,1-6H3;4-6H,7H2,1-3H3;. The smallest absolute Gasteiger partial charge is 0.0424 e. The fraction of sp³-hybridized carbons (Fsp3) is 0.600. The van der Waals surface area contributed by atoms with Crippen molar-refractivity contribution in [1.29, 1.82) is 0 Å². The zero-order valence-corrected chi connectivity index (χ0v) is 19.1. The van der Waals surface area contributed by atoms with E-state index in [1.165, 1.54) is 5.70 Å². The maximum Gasteiger partial charge on any atom is 0.0424 e. The number of allylic oxidation sites excluding steroid dienone is 7. The second kappa shape index (κ2) is 10.7. The quantitative estimate of drug-likeness (QED) is 0.279. The minimum absolute atomic E-state index is 0. The molecule has 0 aromatic heterocycles. The van der Waals surface area contributed by atoms with E-state index >= 15 is 0 Å². The van der Waals surface area contributed by atoms with Crippen LogP contribution in [0.1, 0.15) is 48.0 Å². The molecule has 0 N–H and O–H groups in total. The summed E-state index contributed by atoms with van der Waals surface area (Å²) < 4.78 is 4.62. The van der Waals surface area contributed by atoms with Gasteiger partial charge in [0.05, 0.1) is 0 Å². The summed E-state index contributed by atoms with van der Waals surface area (Å²) in [5, 5.41) is 0. The molecule has 23 heavy (non-hydrogen) atoms. The Labute approximate surface area is 160 Å². The largest absolute Gasteiger partial charge is 0.272 e. The molecular formula is C20H36NPTi. The van der Waals surface area contributed by atoms with Crippen LogP contribution in [0.25, 0.3) is 0 Å². The van der Waals surface area contributed by atoms with Crippen molar-refractivity contribution in [2.75, 3.05) is 20.0 Å². The van der Waals surface area contributed by atoms with Gasteiger partial charge in [-0.3, -0.25) is 4.74 Å². The summed E-state index contributed by atoms with van der Waals surface area (Å²) in [6.45, 7) is 19.9. The summed E-state index contributed by atoms with van der Waals surface area (Å²) >= 11 is 0. The van der Waals surface area contributed by atoms with Crippen LogP contribution in [0.5, 0.6) is 0 Å². The van der Waals surface area contributed by atoms with Gasteiger partial charge in [0.2, 0.25) is 0 Å². The molecule has 0 aromatic carbocycles. The van der Waals surface area contributed by atoms with Crippen LogP contribution in [0.3, 0.4) is 0 Å². The molecule has 1 rings (SSSR count). The Hall–Kier alpha value is -0.0957. The van der Waals surface area contributed by atoms with Gasteiger partial charge in [-0.25, -0.2) is 0 Å². The van der Waals surface area contributed by atoms with Gasteiger partial charge in [-0.05, 0) is 44.0 Å². The minimum Gasteiger partial charge on any atom is -0.272 e. The van der Waals surface area contributed by atoms with E-state index in [0.29, 0.717) is 10.8 Å². The van der Waals surface area contributed by atoms with Crippen molar-refractivity contribution in [3.05, 3.63) is 48.2 Å². The monoisotopic (exact) mass is 369 g/mol. The Kier molecular flexibility index (Phi) is 11.7. The van der Waals surface area contributed by atoms with Crippen molar-refractivity contribution in [3.8, 4) is 0 Å². The van der Waals surface area contributed by atoms with Crippen LogP contribution in [0, 0.1) is 10.8 Å². The number of rotatable bonds is 2. The van der Waals surface area contributed by atoms with Gasteiger partial charge in [0.25, 0.3) is 0 Å². The van der Waals surface area contributed by atoms with Gasteiger partial charge >= 0.3 is 0 Å². The van der Waals surface area contributed by atoms with Crippen molar-refractivity contribution in [2.45, 2.75) is 48.0 Å². The predicted molar refractivity (Wildman–Crippen MR) is 106 cm³/mol. The van der Waals surface area contributed by atoms with Gasteiger partial charge in [0.1, 0.15) is 0 Å². The van der Waals surface area contributed by atoms with Crippen molar-refractivity contribution < 1.29 is 21.7 Å². The van der Waals surface area contributed by atoms with Crippen LogP contribution in [0.15, 0.2) is 53.0 Å². The Balaban J connectivity index is 0. The first-order valence-corrected chi connectivity index (χ1v) is 11.1. The molecule has 0 fully saturated rings. The van der Waals surface area contributed by atoms with E-state index in [-0.39, 0.29) is 21.7 Å². The maximum absolute atomic E-state index is 4.62. The molecule has 0 atom stereocenters. The fourth-order valence-electron chi connectivity index (χ4n) is 1.58. The molecule has 0 saturated heterocycles. The van der Waals surface area contributed by atoms with Gasteiger partial charge in [0.15, 0.2) is 0 Å². The summed E-state index contributed by atoms with van der Waals surface area (Å²) in [5.41, 5.74) is 1.84. The summed E-state index contributed by atoms with van der Waals surface area (Å²) in [4.78, 5) is 0.